The van der Waals surface area contributed by atoms with E-state index in [9.17, 15) is 0 Å². The Morgan fingerprint density at radius 1 is 1.50 bits per heavy atom. The highest BCUT2D eigenvalue weighted by Gasteiger charge is 2.22. The van der Waals surface area contributed by atoms with Crippen LogP contribution in [0.3, 0.4) is 0 Å². The molecule has 2 nitrogen and oxygen atoms in total. The summed E-state index contributed by atoms with van der Waals surface area (Å²) < 4.78 is 5.42. The van der Waals surface area contributed by atoms with Crippen LogP contribution < -0.4 is 5.32 Å². The number of nitrogens with one attached hydrogen (secondary N) is 1. The van der Waals surface area contributed by atoms with Gasteiger partial charge in [-0.05, 0) is 12.8 Å². The van der Waals surface area contributed by atoms with Crippen molar-refractivity contribution < 1.29 is 4.74 Å². The second-order valence-corrected chi connectivity index (χ2v) is 3.07. The number of halogens is 1. The molecular weight excluding hydrogens is 150 g/mol. The minimum Gasteiger partial charge on any atom is -0.361 e. The SMILES string of the molecule is CC1COC(C(C)C)N1.Cl. The molecule has 1 heterocycles. The minimum absolute atomic E-state index is 0. The lowest BCUT2D eigenvalue weighted by molar-refractivity contribution is 0.0645. The van der Waals surface area contributed by atoms with Crippen molar-refractivity contribution in [2.45, 2.75) is 33.0 Å². The van der Waals surface area contributed by atoms with Gasteiger partial charge in [0.15, 0.2) is 0 Å². The van der Waals surface area contributed by atoms with Crippen molar-refractivity contribution in [3.05, 3.63) is 0 Å². The molecule has 0 aromatic rings. The van der Waals surface area contributed by atoms with Crippen LogP contribution in [0.15, 0.2) is 0 Å². The Labute approximate surface area is 68.7 Å². The van der Waals surface area contributed by atoms with Crippen LogP contribution in [-0.4, -0.2) is 18.9 Å². The van der Waals surface area contributed by atoms with Crippen LogP contribution in [0.4, 0.5) is 0 Å². The summed E-state index contributed by atoms with van der Waals surface area (Å²) in [6, 6.07) is 0.539. The standard InChI is InChI=1S/C7H15NO.ClH/c1-5(2)7-8-6(3)4-9-7;/h5-8H,4H2,1-3H3;1H. The van der Waals surface area contributed by atoms with E-state index in [0.29, 0.717) is 18.2 Å². The van der Waals surface area contributed by atoms with E-state index in [1.54, 1.807) is 0 Å². The van der Waals surface area contributed by atoms with Crippen LogP contribution in [0.2, 0.25) is 0 Å². The maximum atomic E-state index is 5.42. The molecule has 3 heteroatoms. The van der Waals surface area contributed by atoms with E-state index in [-0.39, 0.29) is 12.4 Å². The van der Waals surface area contributed by atoms with Gasteiger partial charge in [0.2, 0.25) is 0 Å². The van der Waals surface area contributed by atoms with E-state index < -0.39 is 0 Å². The third-order valence-electron chi connectivity index (χ3n) is 1.58. The summed E-state index contributed by atoms with van der Waals surface area (Å²) in [7, 11) is 0. The molecule has 1 rings (SSSR count). The van der Waals surface area contributed by atoms with E-state index in [0.717, 1.165) is 6.61 Å². The monoisotopic (exact) mass is 165 g/mol. The second kappa shape index (κ2) is 4.16. The number of hydrogen-bond acceptors (Lipinski definition) is 2. The topological polar surface area (TPSA) is 21.3 Å². The van der Waals surface area contributed by atoms with Gasteiger partial charge in [-0.25, -0.2) is 0 Å². The number of rotatable bonds is 1. The van der Waals surface area contributed by atoms with Gasteiger partial charge in [0.25, 0.3) is 0 Å². The second-order valence-electron chi connectivity index (χ2n) is 3.07. The van der Waals surface area contributed by atoms with Gasteiger partial charge in [0.1, 0.15) is 6.23 Å². The molecule has 1 aliphatic rings. The Hall–Kier alpha value is 0.210. The molecule has 2 unspecified atom stereocenters. The Balaban J connectivity index is 0.000000810. The predicted molar refractivity (Wildman–Crippen MR) is 44.4 cm³/mol. The van der Waals surface area contributed by atoms with Gasteiger partial charge in [-0.1, -0.05) is 13.8 Å². The molecule has 0 amide bonds. The average Bonchev–Trinajstić information content (AvgIpc) is 2.14. The molecule has 0 saturated carbocycles. The molecule has 0 aromatic carbocycles. The van der Waals surface area contributed by atoms with Crippen LogP contribution in [0.1, 0.15) is 20.8 Å². The molecule has 1 aliphatic heterocycles. The van der Waals surface area contributed by atoms with Crippen molar-refractivity contribution in [2.75, 3.05) is 6.61 Å². The minimum atomic E-state index is 0. The first-order valence-corrected chi connectivity index (χ1v) is 3.58. The number of ether oxygens (including phenoxy) is 1. The normalized spacial score (nSPS) is 32.4. The zero-order chi connectivity index (χ0) is 6.85. The molecule has 0 aliphatic carbocycles. The highest BCUT2D eigenvalue weighted by molar-refractivity contribution is 5.85. The Bertz CT molecular complexity index is 97.6. The van der Waals surface area contributed by atoms with Crippen molar-refractivity contribution >= 4 is 12.4 Å². The lowest BCUT2D eigenvalue weighted by atomic mass is 10.2. The van der Waals surface area contributed by atoms with Crippen LogP contribution in [0.5, 0.6) is 0 Å². The lowest BCUT2D eigenvalue weighted by Crippen LogP contribution is -2.32. The molecule has 10 heavy (non-hydrogen) atoms. The highest BCUT2D eigenvalue weighted by atomic mass is 35.5. The fourth-order valence-electron chi connectivity index (χ4n) is 1.01. The van der Waals surface area contributed by atoms with E-state index >= 15 is 0 Å². The fourth-order valence-corrected chi connectivity index (χ4v) is 1.01. The van der Waals surface area contributed by atoms with Gasteiger partial charge >= 0.3 is 0 Å². The van der Waals surface area contributed by atoms with Gasteiger partial charge in [-0.15, -0.1) is 12.4 Å². The van der Waals surface area contributed by atoms with Gasteiger partial charge in [0, 0.05) is 6.04 Å². The Morgan fingerprint density at radius 2 is 2.10 bits per heavy atom. The summed E-state index contributed by atoms with van der Waals surface area (Å²) >= 11 is 0. The van der Waals surface area contributed by atoms with Crippen LogP contribution >= 0.6 is 12.4 Å². The zero-order valence-corrected chi connectivity index (χ0v) is 7.57. The quantitative estimate of drug-likeness (QED) is 0.635. The van der Waals surface area contributed by atoms with Crippen LogP contribution in [-0.2, 0) is 4.74 Å². The summed E-state index contributed by atoms with van der Waals surface area (Å²) in [6.07, 6.45) is 0.292. The van der Waals surface area contributed by atoms with E-state index in [4.69, 9.17) is 4.74 Å². The summed E-state index contributed by atoms with van der Waals surface area (Å²) in [6.45, 7) is 7.33. The molecule has 0 spiro atoms. The summed E-state index contributed by atoms with van der Waals surface area (Å²) in [5, 5.41) is 3.33. The third kappa shape index (κ3) is 2.45. The molecule has 0 aromatic heterocycles. The summed E-state index contributed by atoms with van der Waals surface area (Å²) in [5.74, 6) is 0.593. The van der Waals surface area contributed by atoms with Crippen molar-refractivity contribution in [1.82, 2.24) is 5.32 Å². The fraction of sp³-hybridized carbons (Fsp3) is 1.00. The Kier molecular flexibility index (Phi) is 4.25. The van der Waals surface area contributed by atoms with Crippen molar-refractivity contribution in [2.24, 2.45) is 5.92 Å². The van der Waals surface area contributed by atoms with Gasteiger partial charge < -0.3 is 4.74 Å². The van der Waals surface area contributed by atoms with Crippen LogP contribution in [0, 0.1) is 5.92 Å². The summed E-state index contributed by atoms with van der Waals surface area (Å²) in [5.41, 5.74) is 0. The molecular formula is C7H16ClNO. The third-order valence-corrected chi connectivity index (χ3v) is 1.58. The van der Waals surface area contributed by atoms with Crippen LogP contribution in [0.25, 0.3) is 0 Å². The largest absolute Gasteiger partial charge is 0.361 e. The van der Waals surface area contributed by atoms with Gasteiger partial charge in [0.05, 0.1) is 6.61 Å². The molecule has 1 saturated heterocycles. The van der Waals surface area contributed by atoms with E-state index in [1.807, 2.05) is 0 Å². The van der Waals surface area contributed by atoms with E-state index in [1.165, 1.54) is 0 Å². The molecule has 0 bridgehead atoms. The van der Waals surface area contributed by atoms with E-state index in [2.05, 4.69) is 26.1 Å². The highest BCUT2D eigenvalue weighted by Crippen LogP contribution is 2.10. The van der Waals surface area contributed by atoms with Crippen molar-refractivity contribution in [3.63, 3.8) is 0 Å². The molecule has 2 atom stereocenters. The molecule has 1 N–H and O–H groups in total. The first kappa shape index (κ1) is 10.2. The molecule has 62 valence electrons. The first-order chi connectivity index (χ1) is 4.20. The van der Waals surface area contributed by atoms with Crippen molar-refractivity contribution in [1.29, 1.82) is 0 Å². The maximum absolute atomic E-state index is 5.42. The number of hydrogen-bond donors (Lipinski definition) is 1. The lowest BCUT2D eigenvalue weighted by Gasteiger charge is -2.13. The Morgan fingerprint density at radius 3 is 2.30 bits per heavy atom. The average molecular weight is 166 g/mol. The first-order valence-electron chi connectivity index (χ1n) is 3.58. The summed E-state index contributed by atoms with van der Waals surface area (Å²) in [4.78, 5) is 0. The zero-order valence-electron chi connectivity index (χ0n) is 6.76. The van der Waals surface area contributed by atoms with Gasteiger partial charge in [-0.3, -0.25) is 5.32 Å². The van der Waals surface area contributed by atoms with Gasteiger partial charge in [-0.2, -0.15) is 0 Å². The van der Waals surface area contributed by atoms with Crippen molar-refractivity contribution in [3.8, 4) is 0 Å². The predicted octanol–water partition coefficient (Wildman–Crippen LogP) is 1.40. The smallest absolute Gasteiger partial charge is 0.110 e. The molecule has 0 radical (unpaired) electrons. The molecule has 1 fully saturated rings. The maximum Gasteiger partial charge on any atom is 0.110 e.